The van der Waals surface area contributed by atoms with E-state index >= 15 is 0 Å². The fraction of sp³-hybridized carbons (Fsp3) is 0.186. The maximum atomic E-state index is 12.5. The lowest BCUT2D eigenvalue weighted by atomic mass is 9.79. The number of pyridine rings is 1. The van der Waals surface area contributed by atoms with Gasteiger partial charge in [-0.25, -0.2) is 4.98 Å². The molecule has 0 spiro atoms. The second kappa shape index (κ2) is 16.0. The Balaban J connectivity index is 1.40. The molecule has 0 aliphatic heterocycles. The van der Waals surface area contributed by atoms with Crippen LogP contribution in [0.2, 0.25) is 0 Å². The quantitative estimate of drug-likeness (QED) is 0.174. The van der Waals surface area contributed by atoms with Crippen LogP contribution in [0.3, 0.4) is 0 Å². The molecular weight excluding hydrogens is 767 g/mol. The number of aromatic hydroxyl groups is 1. The van der Waals surface area contributed by atoms with Gasteiger partial charge in [0.1, 0.15) is 11.6 Å². The molecule has 9 aromatic rings. The van der Waals surface area contributed by atoms with Gasteiger partial charge >= 0.3 is 0 Å². The molecule has 312 valence electrons. The lowest BCUT2D eigenvalue weighted by Gasteiger charge is -2.27. The van der Waals surface area contributed by atoms with Gasteiger partial charge in [0.2, 0.25) is 0 Å². The second-order valence-electron chi connectivity index (χ2n) is 18.6. The lowest BCUT2D eigenvalue weighted by Crippen LogP contribution is -2.17. The Labute approximate surface area is 381 Å². The minimum Gasteiger partial charge on any atom is -0.507 e. The van der Waals surface area contributed by atoms with Crippen molar-refractivity contribution in [3.05, 3.63) is 192 Å². The first-order chi connectivity index (χ1) is 32.6. The van der Waals surface area contributed by atoms with Crippen molar-refractivity contribution in [1.82, 2.24) is 14.5 Å². The highest BCUT2D eigenvalue weighted by atomic mass is 16.3. The summed E-state index contributed by atoms with van der Waals surface area (Å²) in [5.41, 5.74) is 11.4. The topological polar surface area (TPSA) is 50.9 Å². The van der Waals surface area contributed by atoms with Gasteiger partial charge in [-0.05, 0) is 124 Å². The average Bonchev–Trinajstić information content (AvgIpc) is 3.70. The molecule has 4 nitrogen and oxygen atoms in total. The molecule has 1 N–H and O–H groups in total. The summed E-state index contributed by atoms with van der Waals surface area (Å²) in [7, 11) is 0. The molecule has 7 aromatic carbocycles. The number of hydrogen-bond acceptors (Lipinski definition) is 3. The average molecular weight is 828 g/mol. The van der Waals surface area contributed by atoms with Crippen LogP contribution in [0, 0.1) is 20.6 Å². The van der Waals surface area contributed by atoms with Crippen LogP contribution in [-0.4, -0.2) is 19.6 Å². The largest absolute Gasteiger partial charge is 0.507 e. The number of aromatic nitrogens is 3. The highest BCUT2D eigenvalue weighted by Gasteiger charge is 2.29. The number of para-hydroxylation sites is 1. The summed E-state index contributed by atoms with van der Waals surface area (Å²) >= 11 is 0. The molecular formula is C59H55N3O. The summed E-state index contributed by atoms with van der Waals surface area (Å²) < 4.78 is 54.6. The highest BCUT2D eigenvalue weighted by molar-refractivity contribution is 5.99. The monoisotopic (exact) mass is 827 g/mol. The van der Waals surface area contributed by atoms with Gasteiger partial charge in [-0.1, -0.05) is 162 Å². The molecule has 2 aromatic heterocycles. The molecule has 0 amide bonds. The Morgan fingerprint density at radius 2 is 1.21 bits per heavy atom. The molecule has 4 heteroatoms. The maximum absolute atomic E-state index is 12.5. The summed E-state index contributed by atoms with van der Waals surface area (Å²) in [6, 6.07) is 51.5. The van der Waals surface area contributed by atoms with E-state index in [0.717, 1.165) is 61.3 Å². The van der Waals surface area contributed by atoms with E-state index in [4.69, 9.17) is 18.2 Å². The Bertz CT molecular complexity index is 3380. The van der Waals surface area contributed by atoms with E-state index in [9.17, 15) is 5.11 Å². The van der Waals surface area contributed by atoms with Crippen LogP contribution in [-0.2, 0) is 10.8 Å². The van der Waals surface area contributed by atoms with Crippen molar-refractivity contribution in [2.75, 3.05) is 0 Å². The molecule has 63 heavy (non-hydrogen) atoms. The Hall–Kier alpha value is -7.04. The zero-order valence-corrected chi connectivity index (χ0v) is 36.9. The molecule has 0 saturated heterocycles. The summed E-state index contributed by atoms with van der Waals surface area (Å²) in [5.74, 6) is 0.722. The van der Waals surface area contributed by atoms with Gasteiger partial charge in [0.05, 0.1) is 28.0 Å². The first-order valence-corrected chi connectivity index (χ1v) is 21.5. The van der Waals surface area contributed by atoms with E-state index in [1.165, 1.54) is 6.20 Å². The van der Waals surface area contributed by atoms with E-state index in [1.54, 1.807) is 24.3 Å². The number of phenolic OH excluding ortho intramolecular Hbond substituents is 1. The van der Waals surface area contributed by atoms with Crippen molar-refractivity contribution in [3.8, 4) is 78.6 Å². The van der Waals surface area contributed by atoms with Crippen LogP contribution in [0.15, 0.2) is 164 Å². The van der Waals surface area contributed by atoms with Crippen molar-refractivity contribution in [3.63, 3.8) is 0 Å². The van der Waals surface area contributed by atoms with Crippen LogP contribution in [0.4, 0.5) is 0 Å². The zero-order chi connectivity index (χ0) is 49.2. The number of nitrogens with zero attached hydrogens (tertiary/aromatic N) is 3. The molecule has 0 saturated carbocycles. The van der Waals surface area contributed by atoms with E-state index in [-0.39, 0.29) is 33.5 Å². The SMILES string of the molecule is [2H]C([2H])([2H])c1cnc(-c2cc(-c3ccccc3)cc(-c3cccc4c3nc(-c3cc(C(C)(C)C)cc(C(C)(C)C)c3O)n4-c3ccc(C)cc3-c3ccccc3)c2)c(C([2H])([2H])[2H])c1-c1ccccc1. The fourth-order valence-corrected chi connectivity index (χ4v) is 8.61. The van der Waals surface area contributed by atoms with Crippen LogP contribution >= 0.6 is 0 Å². The molecule has 2 heterocycles. The van der Waals surface area contributed by atoms with Gasteiger partial charge in [-0.3, -0.25) is 9.55 Å². The van der Waals surface area contributed by atoms with Gasteiger partial charge < -0.3 is 5.11 Å². The Kier molecular flexibility index (Phi) is 8.78. The Morgan fingerprint density at radius 1 is 0.556 bits per heavy atom. The Morgan fingerprint density at radius 3 is 1.86 bits per heavy atom. The van der Waals surface area contributed by atoms with Crippen molar-refractivity contribution in [1.29, 1.82) is 0 Å². The van der Waals surface area contributed by atoms with Crippen molar-refractivity contribution >= 4 is 11.0 Å². The molecule has 0 aliphatic carbocycles. The van der Waals surface area contributed by atoms with Crippen molar-refractivity contribution in [2.24, 2.45) is 0 Å². The van der Waals surface area contributed by atoms with Gasteiger partial charge in [0, 0.05) is 36.7 Å². The normalized spacial score (nSPS) is 13.8. The zero-order valence-electron chi connectivity index (χ0n) is 42.9. The fourth-order valence-electron chi connectivity index (χ4n) is 8.61. The third kappa shape index (κ3) is 7.76. The first kappa shape index (κ1) is 34.5. The first-order valence-electron chi connectivity index (χ1n) is 24.5. The number of benzene rings is 7. The van der Waals surface area contributed by atoms with Crippen LogP contribution in [0.25, 0.3) is 83.9 Å². The standard InChI is InChI=1S/C59H55N3O/c1-37-28-29-51(48(30-37)41-22-15-11-16-23-41)62-52-27-19-26-47(55(52)61-57(62)49-34-46(58(4,5)6)35-50(56(49)63)59(7,8)9)44-31-43(40-20-13-10-14-21-40)32-45(33-44)54-39(3)53(38(2)36-60-54)42-24-17-12-18-25-42/h10-36,63H,1-9H3/i2D3,3D3. The van der Waals surface area contributed by atoms with Crippen molar-refractivity contribution in [2.45, 2.75) is 73.0 Å². The maximum Gasteiger partial charge on any atom is 0.149 e. The molecule has 0 fully saturated rings. The third-order valence-corrected chi connectivity index (χ3v) is 12.0. The number of phenols is 1. The van der Waals surface area contributed by atoms with Crippen LogP contribution in [0.5, 0.6) is 5.75 Å². The van der Waals surface area contributed by atoms with Gasteiger partial charge in [-0.15, -0.1) is 0 Å². The smallest absolute Gasteiger partial charge is 0.149 e. The molecule has 0 atom stereocenters. The molecule has 0 unspecified atom stereocenters. The van der Waals surface area contributed by atoms with Gasteiger partial charge in [-0.2, -0.15) is 0 Å². The highest BCUT2D eigenvalue weighted by Crippen LogP contribution is 2.46. The second-order valence-corrected chi connectivity index (χ2v) is 18.6. The number of rotatable bonds is 7. The number of hydrogen-bond donors (Lipinski definition) is 1. The minimum absolute atomic E-state index is 0.122. The molecule has 0 radical (unpaired) electrons. The third-order valence-electron chi connectivity index (χ3n) is 12.0. The number of imidazole rings is 1. The summed E-state index contributed by atoms with van der Waals surface area (Å²) in [6.07, 6.45) is 1.30. The number of fused-ring (bicyclic) bond motifs is 1. The summed E-state index contributed by atoms with van der Waals surface area (Å²) in [4.78, 5) is 10.3. The van der Waals surface area contributed by atoms with Crippen molar-refractivity contribution < 1.29 is 13.3 Å². The minimum atomic E-state index is -2.76. The van der Waals surface area contributed by atoms with E-state index in [1.807, 2.05) is 78.9 Å². The van der Waals surface area contributed by atoms with Crippen LogP contribution in [0.1, 0.15) is 77.6 Å². The van der Waals surface area contributed by atoms with Crippen LogP contribution < -0.4 is 0 Å². The predicted octanol–water partition coefficient (Wildman–Crippen LogP) is 15.6. The van der Waals surface area contributed by atoms with E-state index in [0.29, 0.717) is 28.0 Å². The molecule has 0 aliphatic rings. The molecule has 9 rings (SSSR count). The number of aryl methyl sites for hydroxylation is 2. The van der Waals surface area contributed by atoms with E-state index in [2.05, 4.69) is 108 Å². The van der Waals surface area contributed by atoms with Gasteiger partial charge in [0.15, 0.2) is 0 Å². The summed E-state index contributed by atoms with van der Waals surface area (Å²) in [6.45, 7) is 9.52. The van der Waals surface area contributed by atoms with Gasteiger partial charge in [0.25, 0.3) is 0 Å². The predicted molar refractivity (Wildman–Crippen MR) is 265 cm³/mol. The summed E-state index contributed by atoms with van der Waals surface area (Å²) in [5, 5.41) is 12.5. The molecule has 0 bridgehead atoms. The van der Waals surface area contributed by atoms with E-state index < -0.39 is 19.1 Å². The lowest BCUT2D eigenvalue weighted by molar-refractivity contribution is 0.446.